The summed E-state index contributed by atoms with van der Waals surface area (Å²) in [4.78, 5) is 0. The number of rotatable bonds is 1. The van der Waals surface area contributed by atoms with Crippen molar-refractivity contribution < 1.29 is 0 Å². The van der Waals surface area contributed by atoms with Gasteiger partial charge in [-0.15, -0.1) is 0 Å². The van der Waals surface area contributed by atoms with Gasteiger partial charge in [-0.05, 0) is 23.8 Å². The molecule has 2 aromatic rings. The topological polar surface area (TPSA) is 49.9 Å². The van der Waals surface area contributed by atoms with E-state index in [4.69, 9.17) is 11.1 Å². The normalized spacial score (nSPS) is 10.4. The van der Waals surface area contributed by atoms with Gasteiger partial charge in [0.15, 0.2) is 0 Å². The number of hydrogen-bond donors (Lipinski definition) is 2. The van der Waals surface area contributed by atoms with Gasteiger partial charge in [0.25, 0.3) is 0 Å². The van der Waals surface area contributed by atoms with E-state index >= 15 is 0 Å². The van der Waals surface area contributed by atoms with Crippen LogP contribution in [0.3, 0.4) is 0 Å². The second-order valence-corrected chi connectivity index (χ2v) is 3.48. The van der Waals surface area contributed by atoms with Crippen LogP contribution in [0, 0.1) is 12.3 Å². The van der Waals surface area contributed by atoms with Crippen LogP contribution in [0.25, 0.3) is 10.8 Å². The van der Waals surface area contributed by atoms with Gasteiger partial charge in [0.05, 0.1) is 0 Å². The van der Waals surface area contributed by atoms with E-state index in [0.717, 1.165) is 10.9 Å². The zero-order chi connectivity index (χ0) is 10.1. The van der Waals surface area contributed by atoms with E-state index in [0.29, 0.717) is 0 Å². The van der Waals surface area contributed by atoms with Crippen LogP contribution in [0.5, 0.6) is 0 Å². The fourth-order valence-corrected chi connectivity index (χ4v) is 1.53. The summed E-state index contributed by atoms with van der Waals surface area (Å²) in [5.41, 5.74) is 7.43. The van der Waals surface area contributed by atoms with Gasteiger partial charge in [0.1, 0.15) is 5.84 Å². The van der Waals surface area contributed by atoms with Crippen molar-refractivity contribution in [3.63, 3.8) is 0 Å². The average molecular weight is 184 g/mol. The largest absolute Gasteiger partial charge is 0.384 e. The number of nitrogen functional groups attached to an aromatic ring is 1. The third-order valence-electron chi connectivity index (χ3n) is 2.31. The maximum atomic E-state index is 7.34. The molecule has 0 aromatic heterocycles. The van der Waals surface area contributed by atoms with E-state index < -0.39 is 0 Å². The fraction of sp³-hybridized carbons (Fsp3) is 0.0833. The Balaban J connectivity index is 2.69. The maximum Gasteiger partial charge on any atom is 0.122 e. The van der Waals surface area contributed by atoms with Crippen LogP contribution in [0.2, 0.25) is 0 Å². The van der Waals surface area contributed by atoms with Gasteiger partial charge in [-0.1, -0.05) is 35.9 Å². The Bertz CT molecular complexity index is 501. The van der Waals surface area contributed by atoms with Gasteiger partial charge in [-0.3, -0.25) is 5.41 Å². The molecule has 3 N–H and O–H groups in total. The highest BCUT2D eigenvalue weighted by Gasteiger charge is 1.98. The standard InChI is InChI=1S/C12H12N2/c1-8-2-3-9-4-5-10(12(13)14)7-11(9)6-8/h2-7H,1H3,(H3,13,14). The highest BCUT2D eigenvalue weighted by atomic mass is 14.7. The molecule has 2 aromatic carbocycles. The van der Waals surface area contributed by atoms with Crippen LogP contribution in [0.1, 0.15) is 11.1 Å². The summed E-state index contributed by atoms with van der Waals surface area (Å²) in [5.74, 6) is 0.119. The Morgan fingerprint density at radius 1 is 1.07 bits per heavy atom. The van der Waals surface area contributed by atoms with Gasteiger partial charge in [0, 0.05) is 5.56 Å². The highest BCUT2D eigenvalue weighted by Crippen LogP contribution is 2.17. The summed E-state index contributed by atoms with van der Waals surface area (Å²) in [6, 6.07) is 12.1. The van der Waals surface area contributed by atoms with Crippen molar-refractivity contribution in [2.45, 2.75) is 6.92 Å². The Morgan fingerprint density at radius 2 is 1.79 bits per heavy atom. The molecule has 14 heavy (non-hydrogen) atoms. The summed E-state index contributed by atoms with van der Waals surface area (Å²) in [6.07, 6.45) is 0. The zero-order valence-electron chi connectivity index (χ0n) is 8.04. The molecule has 0 saturated carbocycles. The number of benzene rings is 2. The summed E-state index contributed by atoms with van der Waals surface area (Å²) < 4.78 is 0. The molecule has 0 fully saturated rings. The molecule has 0 bridgehead atoms. The van der Waals surface area contributed by atoms with E-state index in [9.17, 15) is 0 Å². The third kappa shape index (κ3) is 1.46. The molecule has 0 aliphatic heterocycles. The van der Waals surface area contributed by atoms with E-state index in [-0.39, 0.29) is 5.84 Å². The van der Waals surface area contributed by atoms with Crippen LogP contribution in [0.4, 0.5) is 0 Å². The molecule has 2 heteroatoms. The average Bonchev–Trinajstić information content (AvgIpc) is 2.16. The molecular formula is C12H12N2. The minimum atomic E-state index is 0.119. The van der Waals surface area contributed by atoms with Crippen LogP contribution in [-0.4, -0.2) is 5.84 Å². The number of nitrogens with one attached hydrogen (secondary N) is 1. The number of hydrogen-bond acceptors (Lipinski definition) is 1. The quantitative estimate of drug-likeness (QED) is 0.519. The smallest absolute Gasteiger partial charge is 0.122 e. The van der Waals surface area contributed by atoms with Crippen molar-refractivity contribution >= 4 is 16.6 Å². The minimum absolute atomic E-state index is 0.119. The van der Waals surface area contributed by atoms with E-state index in [2.05, 4.69) is 25.1 Å². The Hall–Kier alpha value is -1.83. The lowest BCUT2D eigenvalue weighted by Crippen LogP contribution is -2.10. The Labute approximate surface area is 82.9 Å². The van der Waals surface area contributed by atoms with Crippen molar-refractivity contribution in [1.82, 2.24) is 0 Å². The predicted octanol–water partition coefficient (Wildman–Crippen LogP) is 2.43. The lowest BCUT2D eigenvalue weighted by atomic mass is 10.0. The molecule has 70 valence electrons. The predicted molar refractivity (Wildman–Crippen MR) is 59.7 cm³/mol. The molecule has 0 aliphatic rings. The van der Waals surface area contributed by atoms with Crippen LogP contribution < -0.4 is 5.73 Å². The summed E-state index contributed by atoms with van der Waals surface area (Å²) in [5, 5.41) is 9.66. The first-order chi connectivity index (χ1) is 6.66. The molecule has 0 amide bonds. The number of aryl methyl sites for hydroxylation is 1. The molecule has 2 rings (SSSR count). The first-order valence-electron chi connectivity index (χ1n) is 4.51. The van der Waals surface area contributed by atoms with Gasteiger partial charge < -0.3 is 5.73 Å². The summed E-state index contributed by atoms with van der Waals surface area (Å²) >= 11 is 0. The van der Waals surface area contributed by atoms with Crippen molar-refractivity contribution in [2.75, 3.05) is 0 Å². The first-order valence-corrected chi connectivity index (χ1v) is 4.51. The SMILES string of the molecule is Cc1ccc2ccc(C(=N)N)cc2c1. The van der Waals surface area contributed by atoms with E-state index in [1.54, 1.807) is 0 Å². The van der Waals surface area contributed by atoms with Crippen LogP contribution >= 0.6 is 0 Å². The number of amidine groups is 1. The second kappa shape index (κ2) is 3.14. The van der Waals surface area contributed by atoms with E-state index in [1.807, 2.05) is 18.2 Å². The lowest BCUT2D eigenvalue weighted by molar-refractivity contribution is 1.43. The molecule has 2 nitrogen and oxygen atoms in total. The number of nitrogens with two attached hydrogens (primary N) is 1. The Kier molecular flexibility index (Phi) is 1.97. The van der Waals surface area contributed by atoms with Gasteiger partial charge in [-0.2, -0.15) is 0 Å². The molecule has 0 unspecified atom stereocenters. The molecule has 0 heterocycles. The second-order valence-electron chi connectivity index (χ2n) is 3.48. The van der Waals surface area contributed by atoms with Crippen molar-refractivity contribution in [2.24, 2.45) is 5.73 Å². The van der Waals surface area contributed by atoms with Crippen LogP contribution in [0.15, 0.2) is 36.4 Å². The monoisotopic (exact) mass is 184 g/mol. The van der Waals surface area contributed by atoms with Gasteiger partial charge in [0.2, 0.25) is 0 Å². The van der Waals surface area contributed by atoms with Gasteiger partial charge in [-0.25, -0.2) is 0 Å². The Morgan fingerprint density at radius 3 is 2.50 bits per heavy atom. The van der Waals surface area contributed by atoms with Crippen molar-refractivity contribution in [1.29, 1.82) is 5.41 Å². The minimum Gasteiger partial charge on any atom is -0.384 e. The molecular weight excluding hydrogens is 172 g/mol. The fourth-order valence-electron chi connectivity index (χ4n) is 1.53. The van der Waals surface area contributed by atoms with Crippen molar-refractivity contribution in [3.8, 4) is 0 Å². The molecule has 0 aliphatic carbocycles. The lowest BCUT2D eigenvalue weighted by Gasteiger charge is -2.02. The molecule has 0 atom stereocenters. The summed E-state index contributed by atoms with van der Waals surface area (Å²) in [7, 11) is 0. The first kappa shape index (κ1) is 8.75. The zero-order valence-corrected chi connectivity index (χ0v) is 8.04. The van der Waals surface area contributed by atoms with Crippen molar-refractivity contribution in [3.05, 3.63) is 47.5 Å². The molecule has 0 radical (unpaired) electrons. The third-order valence-corrected chi connectivity index (χ3v) is 2.31. The summed E-state index contributed by atoms with van der Waals surface area (Å²) in [6.45, 7) is 2.06. The van der Waals surface area contributed by atoms with E-state index in [1.165, 1.54) is 10.9 Å². The molecule has 0 spiro atoms. The van der Waals surface area contributed by atoms with Crippen LogP contribution in [-0.2, 0) is 0 Å². The highest BCUT2D eigenvalue weighted by molar-refractivity contribution is 5.99. The maximum absolute atomic E-state index is 7.34. The molecule has 0 saturated heterocycles. The number of fused-ring (bicyclic) bond motifs is 1. The van der Waals surface area contributed by atoms with Gasteiger partial charge >= 0.3 is 0 Å².